The third-order valence-electron chi connectivity index (χ3n) is 4.79. The molecule has 4 rings (SSSR count). The Labute approximate surface area is 178 Å². The molecule has 2 aromatic carbocycles. The van der Waals surface area contributed by atoms with Crippen molar-refractivity contribution in [3.05, 3.63) is 63.8 Å². The van der Waals surface area contributed by atoms with Gasteiger partial charge in [0.05, 0.1) is 17.7 Å². The highest BCUT2D eigenvalue weighted by Gasteiger charge is 2.19. The number of amides is 1. The molecule has 1 N–H and O–H groups in total. The van der Waals surface area contributed by atoms with Gasteiger partial charge in [0.2, 0.25) is 0 Å². The number of hydrogen-bond donors (Lipinski definition) is 1. The van der Waals surface area contributed by atoms with Gasteiger partial charge in [-0.15, -0.1) is 22.7 Å². The highest BCUT2D eigenvalue weighted by molar-refractivity contribution is 7.21. The summed E-state index contributed by atoms with van der Waals surface area (Å²) >= 11 is 3.05. The second kappa shape index (κ2) is 8.35. The zero-order valence-electron chi connectivity index (χ0n) is 16.6. The van der Waals surface area contributed by atoms with Crippen LogP contribution in [0, 0.1) is 6.92 Å². The van der Waals surface area contributed by atoms with E-state index in [-0.39, 0.29) is 5.91 Å². The van der Waals surface area contributed by atoms with Gasteiger partial charge in [0, 0.05) is 15.1 Å². The predicted octanol–water partition coefficient (Wildman–Crippen LogP) is 6.55. The molecular weight excluding hydrogens is 400 g/mol. The van der Waals surface area contributed by atoms with Gasteiger partial charge in [-0.05, 0) is 54.6 Å². The van der Waals surface area contributed by atoms with Crippen LogP contribution in [-0.2, 0) is 6.42 Å². The average molecular weight is 423 g/mol. The van der Waals surface area contributed by atoms with E-state index >= 15 is 0 Å². The maximum absolute atomic E-state index is 13.1. The maximum atomic E-state index is 13.1. The minimum atomic E-state index is -0.0790. The smallest absolute Gasteiger partial charge is 0.267 e. The number of fused-ring (bicyclic) bond motifs is 1. The van der Waals surface area contributed by atoms with Gasteiger partial charge in [0.25, 0.3) is 5.91 Å². The summed E-state index contributed by atoms with van der Waals surface area (Å²) in [6, 6.07) is 16.0. The van der Waals surface area contributed by atoms with E-state index in [0.29, 0.717) is 5.13 Å². The van der Waals surface area contributed by atoms with E-state index in [1.807, 2.05) is 43.3 Å². The fraction of sp³-hybridized carbons (Fsp3) is 0.217. The summed E-state index contributed by atoms with van der Waals surface area (Å²) < 4.78 is 6.37. The summed E-state index contributed by atoms with van der Waals surface area (Å²) in [5.41, 5.74) is 3.03. The summed E-state index contributed by atoms with van der Waals surface area (Å²) in [5.74, 6) is 0.730. The topological polar surface area (TPSA) is 51.2 Å². The zero-order chi connectivity index (χ0) is 20.4. The first-order valence-electron chi connectivity index (χ1n) is 9.54. The van der Waals surface area contributed by atoms with Crippen LogP contribution < -0.4 is 10.1 Å². The quantitative estimate of drug-likeness (QED) is 0.383. The number of thiophene rings is 1. The van der Waals surface area contributed by atoms with Crippen LogP contribution in [0.3, 0.4) is 0 Å². The normalized spacial score (nSPS) is 11.0. The van der Waals surface area contributed by atoms with E-state index in [9.17, 15) is 4.79 Å². The average Bonchev–Trinajstić information content (AvgIpc) is 3.29. The van der Waals surface area contributed by atoms with E-state index < -0.39 is 0 Å². The molecule has 1 amide bonds. The molecule has 2 aromatic heterocycles. The van der Waals surface area contributed by atoms with E-state index in [1.165, 1.54) is 16.7 Å². The van der Waals surface area contributed by atoms with Crippen molar-refractivity contribution in [2.24, 2.45) is 0 Å². The number of thiazole rings is 1. The van der Waals surface area contributed by atoms with Crippen molar-refractivity contribution in [1.82, 2.24) is 4.98 Å². The van der Waals surface area contributed by atoms with E-state index in [0.717, 1.165) is 49.9 Å². The number of benzene rings is 2. The second-order valence-electron chi connectivity index (χ2n) is 6.76. The highest BCUT2D eigenvalue weighted by atomic mass is 32.1. The summed E-state index contributed by atoms with van der Waals surface area (Å²) in [6.45, 7) is 4.16. The van der Waals surface area contributed by atoms with Crippen LogP contribution in [0.2, 0.25) is 0 Å². The molecule has 0 fully saturated rings. The van der Waals surface area contributed by atoms with Crippen molar-refractivity contribution in [1.29, 1.82) is 0 Å². The minimum absolute atomic E-state index is 0.0790. The number of methoxy groups -OCH3 is 1. The molecule has 0 saturated carbocycles. The number of rotatable bonds is 6. The van der Waals surface area contributed by atoms with Crippen LogP contribution in [-0.4, -0.2) is 18.0 Å². The molecule has 0 unspecified atom stereocenters. The Kier molecular flexibility index (Phi) is 5.65. The molecule has 0 atom stereocenters. The summed E-state index contributed by atoms with van der Waals surface area (Å²) in [6.07, 6.45) is 1.89. The minimum Gasteiger partial charge on any atom is -0.497 e. The number of anilines is 1. The Morgan fingerprint density at radius 2 is 1.86 bits per heavy atom. The van der Waals surface area contributed by atoms with Crippen LogP contribution in [0.15, 0.2) is 48.5 Å². The fourth-order valence-electron chi connectivity index (χ4n) is 3.40. The molecular formula is C23H22N2O2S2. The number of aryl methyl sites for hydroxylation is 2. The van der Waals surface area contributed by atoms with Crippen molar-refractivity contribution in [2.75, 3.05) is 12.4 Å². The van der Waals surface area contributed by atoms with E-state index in [2.05, 4.69) is 29.4 Å². The molecule has 0 radical (unpaired) electrons. The number of nitrogens with zero attached hydrogens (tertiary/aromatic N) is 1. The molecule has 4 nitrogen and oxygen atoms in total. The van der Waals surface area contributed by atoms with Gasteiger partial charge < -0.3 is 4.74 Å². The lowest BCUT2D eigenvalue weighted by Gasteiger charge is -2.04. The molecule has 2 heterocycles. The van der Waals surface area contributed by atoms with Crippen molar-refractivity contribution in [3.63, 3.8) is 0 Å². The van der Waals surface area contributed by atoms with Gasteiger partial charge in [0.1, 0.15) is 5.75 Å². The van der Waals surface area contributed by atoms with E-state index in [4.69, 9.17) is 4.74 Å². The van der Waals surface area contributed by atoms with Gasteiger partial charge >= 0.3 is 0 Å². The molecule has 0 bridgehead atoms. The molecule has 29 heavy (non-hydrogen) atoms. The largest absolute Gasteiger partial charge is 0.497 e. The van der Waals surface area contributed by atoms with Gasteiger partial charge in [-0.2, -0.15) is 0 Å². The number of ether oxygens (including phenoxy) is 1. The van der Waals surface area contributed by atoms with Crippen LogP contribution in [0.4, 0.5) is 5.13 Å². The molecule has 0 spiro atoms. The molecule has 6 heteroatoms. The maximum Gasteiger partial charge on any atom is 0.267 e. The Hall–Kier alpha value is -2.70. The van der Waals surface area contributed by atoms with Crippen molar-refractivity contribution in [3.8, 4) is 17.0 Å². The first-order chi connectivity index (χ1) is 14.1. The van der Waals surface area contributed by atoms with Gasteiger partial charge in [-0.1, -0.05) is 31.5 Å². The Morgan fingerprint density at radius 1 is 1.10 bits per heavy atom. The van der Waals surface area contributed by atoms with E-state index in [1.54, 1.807) is 18.4 Å². The Balaban J connectivity index is 1.62. The number of nitrogens with one attached hydrogen (secondary N) is 1. The Bertz CT molecular complexity index is 1160. The molecule has 0 aliphatic heterocycles. The lowest BCUT2D eigenvalue weighted by molar-refractivity contribution is 0.103. The number of aromatic nitrogens is 1. The third kappa shape index (κ3) is 3.91. The summed E-state index contributed by atoms with van der Waals surface area (Å²) in [7, 11) is 1.65. The summed E-state index contributed by atoms with van der Waals surface area (Å²) in [4.78, 5) is 19.6. The molecule has 0 aliphatic carbocycles. The lowest BCUT2D eigenvalue weighted by Crippen LogP contribution is -2.12. The van der Waals surface area contributed by atoms with Crippen LogP contribution >= 0.6 is 22.7 Å². The highest BCUT2D eigenvalue weighted by Crippen LogP contribution is 2.35. The number of carbonyl (C=O) groups is 1. The third-order valence-corrected chi connectivity index (χ3v) is 6.88. The zero-order valence-corrected chi connectivity index (χ0v) is 18.2. The monoisotopic (exact) mass is 422 g/mol. The van der Waals surface area contributed by atoms with Crippen LogP contribution in [0.25, 0.3) is 21.3 Å². The number of hydrogen-bond acceptors (Lipinski definition) is 5. The molecule has 0 aliphatic rings. The molecule has 4 aromatic rings. The first-order valence-corrected chi connectivity index (χ1v) is 11.2. The molecule has 148 valence electrons. The second-order valence-corrected chi connectivity index (χ2v) is 9.02. The Morgan fingerprint density at radius 3 is 2.59 bits per heavy atom. The van der Waals surface area contributed by atoms with Crippen LogP contribution in [0.1, 0.15) is 33.5 Å². The first kappa shape index (κ1) is 19.6. The predicted molar refractivity (Wildman–Crippen MR) is 123 cm³/mol. The molecule has 0 saturated heterocycles. The van der Waals surface area contributed by atoms with Crippen molar-refractivity contribution < 1.29 is 9.53 Å². The summed E-state index contributed by atoms with van der Waals surface area (Å²) in [5, 5.41) is 4.83. The van der Waals surface area contributed by atoms with Crippen molar-refractivity contribution >= 4 is 43.8 Å². The van der Waals surface area contributed by atoms with Gasteiger partial charge in [-0.25, -0.2) is 4.98 Å². The van der Waals surface area contributed by atoms with Crippen molar-refractivity contribution in [2.45, 2.75) is 26.7 Å². The van der Waals surface area contributed by atoms with Crippen LogP contribution in [0.5, 0.6) is 5.75 Å². The fourth-order valence-corrected chi connectivity index (χ4v) is 5.38. The number of carbonyl (C=O) groups excluding carboxylic acids is 1. The van der Waals surface area contributed by atoms with Gasteiger partial charge in [-0.3, -0.25) is 10.1 Å². The SMILES string of the molecule is CCCc1c(C(=O)Nc2nc(-c3ccc(OC)cc3)c(C)s2)sc2ccccc12. The standard InChI is InChI=1S/C23H22N2O2S2/c1-4-7-18-17-8-5-6-9-19(17)29-21(18)22(26)25-23-24-20(14(2)28-23)15-10-12-16(27-3)13-11-15/h5-6,8-13H,4,7H2,1-3H3,(H,24,25,26). The lowest BCUT2D eigenvalue weighted by atomic mass is 10.1. The van der Waals surface area contributed by atoms with Gasteiger partial charge in [0.15, 0.2) is 5.13 Å².